The second-order valence-electron chi connectivity index (χ2n) is 18.8. The molecule has 14 nitrogen and oxygen atoms in total. The summed E-state index contributed by atoms with van der Waals surface area (Å²) in [6, 6.07) is 27.4. The maximum Gasteiger partial charge on any atom is 0.231 e. The standard InChI is InChI=1S/C28H36N4O2.C25H24FN5O3/c33-27(18-21-4-1-2-5-21)31-15-11-23(12-16-31)22-7-9-25(10-8-22)30-28(34)24-13-17-32(20-24)26-6-3-14-29-19-26;26-19-3-1-17(2-4-19)11-24(32)31-15-23(16-31)34-22-7-5-20(6-8-22)29-25(33)18-13-30(14-18)21-9-10-27-28-12-21/h3,6-10,14,19,21,23-24H,1-2,4-5,11-13,15-18,20H2,(H,30,34);1-10,12,18,23H,11,13-16H2,(H,29,33). The molecule has 4 saturated heterocycles. The average Bonchev–Trinajstić information content (AvgIpc) is 4.06. The molecule has 5 aliphatic rings. The first kappa shape index (κ1) is 46.2. The minimum atomic E-state index is -0.312. The van der Waals surface area contributed by atoms with E-state index >= 15 is 0 Å². The van der Waals surface area contributed by atoms with Crippen molar-refractivity contribution in [2.75, 3.05) is 72.8 Å². The number of rotatable bonds is 13. The van der Waals surface area contributed by atoms with Gasteiger partial charge in [0.1, 0.15) is 17.7 Å². The van der Waals surface area contributed by atoms with Gasteiger partial charge in [-0.1, -0.05) is 37.1 Å². The van der Waals surface area contributed by atoms with E-state index in [-0.39, 0.29) is 47.9 Å². The van der Waals surface area contributed by atoms with Gasteiger partial charge in [0.15, 0.2) is 0 Å². The smallest absolute Gasteiger partial charge is 0.231 e. The third kappa shape index (κ3) is 12.0. The van der Waals surface area contributed by atoms with Crippen LogP contribution in [0.1, 0.15) is 68.4 Å². The summed E-state index contributed by atoms with van der Waals surface area (Å²) in [7, 11) is 0. The van der Waals surface area contributed by atoms with E-state index in [1.807, 2.05) is 60.8 Å². The Kier molecular flexibility index (Phi) is 14.8. The van der Waals surface area contributed by atoms with E-state index in [0.717, 1.165) is 74.5 Å². The first-order valence-corrected chi connectivity index (χ1v) is 24.1. The largest absolute Gasteiger partial charge is 0.487 e. The number of anilines is 4. The Morgan fingerprint density at radius 2 is 1.28 bits per heavy atom. The van der Waals surface area contributed by atoms with Gasteiger partial charge in [-0.25, -0.2) is 4.39 Å². The molecule has 1 unspecified atom stereocenters. The lowest BCUT2D eigenvalue weighted by Gasteiger charge is -2.39. The molecule has 15 heteroatoms. The summed E-state index contributed by atoms with van der Waals surface area (Å²) < 4.78 is 18.9. The number of halogens is 1. The predicted molar refractivity (Wildman–Crippen MR) is 259 cm³/mol. The van der Waals surface area contributed by atoms with E-state index in [9.17, 15) is 23.6 Å². The molecule has 1 saturated carbocycles. The fourth-order valence-electron chi connectivity index (χ4n) is 9.87. The fraction of sp³-hybridized carbons (Fsp3) is 0.415. The van der Waals surface area contributed by atoms with Crippen molar-refractivity contribution in [3.63, 3.8) is 0 Å². The van der Waals surface area contributed by atoms with Crippen LogP contribution in [0.2, 0.25) is 0 Å². The molecule has 4 amide bonds. The number of ether oxygens (including phenoxy) is 1. The van der Waals surface area contributed by atoms with Crippen molar-refractivity contribution in [2.45, 2.75) is 69.8 Å². The SMILES string of the molecule is O=C(Nc1ccc(C2CCN(C(=O)CC3CCCC3)CC2)cc1)C1CCN(c2cccnc2)C1.O=C(Nc1ccc(OC2CN(C(=O)Cc3ccc(F)cc3)C2)cc1)C1CN(c2ccnnc2)C1. The van der Waals surface area contributed by atoms with E-state index in [0.29, 0.717) is 55.4 Å². The second kappa shape index (κ2) is 21.8. The minimum absolute atomic E-state index is 0.000674. The van der Waals surface area contributed by atoms with E-state index in [1.54, 1.807) is 35.6 Å². The molecule has 4 aliphatic heterocycles. The van der Waals surface area contributed by atoms with E-state index in [2.05, 4.69) is 52.6 Å². The van der Waals surface area contributed by atoms with Crippen molar-refractivity contribution in [1.29, 1.82) is 0 Å². The summed E-state index contributed by atoms with van der Waals surface area (Å²) in [6.07, 6.45) is 15.8. The van der Waals surface area contributed by atoms with Crippen LogP contribution in [-0.4, -0.2) is 107 Å². The Morgan fingerprint density at radius 3 is 1.94 bits per heavy atom. The number of nitrogens with one attached hydrogen (secondary N) is 2. The van der Waals surface area contributed by atoms with Gasteiger partial charge in [0, 0.05) is 63.3 Å². The van der Waals surface area contributed by atoms with Crippen molar-refractivity contribution in [3.8, 4) is 5.75 Å². The minimum Gasteiger partial charge on any atom is -0.487 e. The summed E-state index contributed by atoms with van der Waals surface area (Å²) in [6.45, 7) is 5.67. The maximum absolute atomic E-state index is 13.0. The number of carbonyl (C=O) groups excluding carboxylic acids is 4. The maximum atomic E-state index is 13.0. The number of benzene rings is 3. The fourth-order valence-corrected chi connectivity index (χ4v) is 9.87. The van der Waals surface area contributed by atoms with Gasteiger partial charge in [0.05, 0.1) is 61.3 Å². The monoisotopic (exact) mass is 921 g/mol. The van der Waals surface area contributed by atoms with Gasteiger partial charge in [0.2, 0.25) is 23.6 Å². The average molecular weight is 922 g/mol. The Morgan fingerprint density at radius 1 is 0.618 bits per heavy atom. The molecule has 2 N–H and O–H groups in total. The normalized spacial score (nSPS) is 18.8. The quantitative estimate of drug-likeness (QED) is 0.123. The zero-order chi connectivity index (χ0) is 46.8. The van der Waals surface area contributed by atoms with E-state index in [1.165, 1.54) is 43.4 Å². The molecule has 2 aromatic heterocycles. The van der Waals surface area contributed by atoms with Crippen LogP contribution in [0.5, 0.6) is 5.75 Å². The van der Waals surface area contributed by atoms with Gasteiger partial charge in [-0.2, -0.15) is 10.2 Å². The van der Waals surface area contributed by atoms with Crippen molar-refractivity contribution >= 4 is 46.4 Å². The van der Waals surface area contributed by atoms with Crippen molar-refractivity contribution in [1.82, 2.24) is 25.0 Å². The van der Waals surface area contributed by atoms with Crippen LogP contribution in [0.25, 0.3) is 0 Å². The number of piperidine rings is 1. The topological polar surface area (TPSA) is 153 Å². The molecular weight excluding hydrogens is 862 g/mol. The van der Waals surface area contributed by atoms with Crippen molar-refractivity contribution < 1.29 is 28.3 Å². The Hall–Kier alpha value is -6.90. The lowest BCUT2D eigenvalue weighted by atomic mass is 9.89. The molecule has 1 aliphatic carbocycles. The number of carbonyl (C=O) groups is 4. The highest BCUT2D eigenvalue weighted by Crippen LogP contribution is 2.33. The highest BCUT2D eigenvalue weighted by atomic mass is 19.1. The predicted octanol–water partition coefficient (Wildman–Crippen LogP) is 7.36. The first-order valence-electron chi connectivity index (χ1n) is 24.1. The molecule has 0 spiro atoms. The van der Waals surface area contributed by atoms with Gasteiger partial charge in [-0.15, -0.1) is 0 Å². The summed E-state index contributed by atoms with van der Waals surface area (Å²) >= 11 is 0. The second-order valence-corrected chi connectivity index (χ2v) is 18.8. The van der Waals surface area contributed by atoms with Gasteiger partial charge in [-0.05, 0) is 122 Å². The number of aromatic nitrogens is 3. The molecule has 68 heavy (non-hydrogen) atoms. The molecule has 0 radical (unpaired) electrons. The molecule has 0 bridgehead atoms. The van der Waals surface area contributed by atoms with E-state index < -0.39 is 0 Å². The first-order chi connectivity index (χ1) is 33.2. The van der Waals surface area contributed by atoms with Crippen LogP contribution in [0, 0.1) is 23.6 Å². The molecular formula is C53H60FN9O5. The van der Waals surface area contributed by atoms with Gasteiger partial charge < -0.3 is 35.0 Å². The number of hydrogen-bond acceptors (Lipinski definition) is 10. The summed E-state index contributed by atoms with van der Waals surface area (Å²) in [5.41, 5.74) is 5.71. The summed E-state index contributed by atoms with van der Waals surface area (Å²) in [5, 5.41) is 13.7. The highest BCUT2D eigenvalue weighted by Gasteiger charge is 2.34. The molecule has 354 valence electrons. The third-order valence-electron chi connectivity index (χ3n) is 14.1. The zero-order valence-corrected chi connectivity index (χ0v) is 38.4. The van der Waals surface area contributed by atoms with Crippen LogP contribution < -0.4 is 25.2 Å². The van der Waals surface area contributed by atoms with Crippen LogP contribution in [0.3, 0.4) is 0 Å². The Labute approximate surface area is 397 Å². The molecule has 5 fully saturated rings. The molecule has 3 aromatic carbocycles. The highest BCUT2D eigenvalue weighted by molar-refractivity contribution is 5.94. The lowest BCUT2D eigenvalue weighted by Crippen LogP contribution is -2.56. The summed E-state index contributed by atoms with van der Waals surface area (Å²) in [5.74, 6) is 1.84. The number of pyridine rings is 1. The van der Waals surface area contributed by atoms with Crippen molar-refractivity contribution in [3.05, 3.63) is 133 Å². The number of amides is 4. The zero-order valence-electron chi connectivity index (χ0n) is 38.4. The Bertz CT molecular complexity index is 2460. The number of nitrogens with zero attached hydrogens (tertiary/aromatic N) is 7. The third-order valence-corrected chi connectivity index (χ3v) is 14.1. The van der Waals surface area contributed by atoms with Crippen LogP contribution in [0.15, 0.2) is 116 Å². The van der Waals surface area contributed by atoms with Crippen LogP contribution in [-0.2, 0) is 25.6 Å². The molecule has 1 atom stereocenters. The van der Waals surface area contributed by atoms with Gasteiger partial charge >= 0.3 is 0 Å². The van der Waals surface area contributed by atoms with Crippen LogP contribution >= 0.6 is 0 Å². The number of likely N-dealkylation sites (tertiary alicyclic amines) is 2. The van der Waals surface area contributed by atoms with Gasteiger partial charge in [-0.3, -0.25) is 24.2 Å². The Balaban J connectivity index is 0.000000170. The van der Waals surface area contributed by atoms with Gasteiger partial charge in [0.25, 0.3) is 0 Å². The summed E-state index contributed by atoms with van der Waals surface area (Å²) in [4.78, 5) is 62.6. The molecule has 10 rings (SSSR count). The van der Waals surface area contributed by atoms with Crippen molar-refractivity contribution in [2.24, 2.45) is 17.8 Å². The molecule has 6 heterocycles. The lowest BCUT2D eigenvalue weighted by molar-refractivity contribution is -0.139. The van der Waals surface area contributed by atoms with E-state index in [4.69, 9.17) is 4.74 Å². The van der Waals surface area contributed by atoms with Crippen LogP contribution in [0.4, 0.5) is 27.1 Å². The number of hydrogen-bond donors (Lipinski definition) is 2. The molecule has 5 aromatic rings.